The molecule has 1 fully saturated rings. The maximum atomic E-state index is 10.3. The quantitative estimate of drug-likeness (QED) is 0.690. The van der Waals surface area contributed by atoms with Gasteiger partial charge in [0.05, 0.1) is 5.60 Å². The van der Waals surface area contributed by atoms with Gasteiger partial charge in [-0.25, -0.2) is 0 Å². The van der Waals surface area contributed by atoms with Gasteiger partial charge in [0, 0.05) is 0 Å². The maximum absolute atomic E-state index is 10.3. The lowest BCUT2D eigenvalue weighted by Gasteiger charge is -2.54. The highest BCUT2D eigenvalue weighted by Crippen LogP contribution is 2.54. The molecule has 1 heteroatoms. The second kappa shape index (κ2) is 3.02. The highest BCUT2D eigenvalue weighted by atomic mass is 16.3. The van der Waals surface area contributed by atoms with Crippen molar-refractivity contribution in [1.82, 2.24) is 0 Å². The van der Waals surface area contributed by atoms with Crippen molar-refractivity contribution in [3.8, 4) is 0 Å². The molecule has 72 valence electrons. The molecule has 3 unspecified atom stereocenters. The van der Waals surface area contributed by atoms with Crippen LogP contribution in [-0.4, -0.2) is 10.7 Å². The van der Waals surface area contributed by atoms with Crippen LogP contribution in [0.15, 0.2) is 0 Å². The Morgan fingerprint density at radius 1 is 1.58 bits per heavy atom. The van der Waals surface area contributed by atoms with Crippen LogP contribution < -0.4 is 0 Å². The van der Waals surface area contributed by atoms with Crippen LogP contribution in [0.5, 0.6) is 0 Å². The first-order chi connectivity index (χ1) is 5.44. The van der Waals surface area contributed by atoms with Gasteiger partial charge in [0.2, 0.25) is 0 Å². The number of rotatable bonds is 3. The van der Waals surface area contributed by atoms with Crippen molar-refractivity contribution in [1.29, 1.82) is 0 Å². The smallest absolute Gasteiger partial charge is 0.0675 e. The molecule has 1 N–H and O–H groups in total. The van der Waals surface area contributed by atoms with E-state index < -0.39 is 5.60 Å². The minimum absolute atomic E-state index is 0.184. The summed E-state index contributed by atoms with van der Waals surface area (Å²) in [5.41, 5.74) is -0.261. The van der Waals surface area contributed by atoms with E-state index >= 15 is 0 Å². The molecule has 0 saturated heterocycles. The van der Waals surface area contributed by atoms with Crippen LogP contribution in [0, 0.1) is 11.3 Å². The van der Waals surface area contributed by atoms with Crippen molar-refractivity contribution in [2.45, 2.75) is 59.0 Å². The van der Waals surface area contributed by atoms with Crippen LogP contribution in [0.25, 0.3) is 0 Å². The first-order valence-electron chi connectivity index (χ1n) is 5.16. The Hall–Kier alpha value is -0.0400. The molecule has 1 nitrogen and oxygen atoms in total. The van der Waals surface area contributed by atoms with E-state index in [0.717, 1.165) is 12.8 Å². The summed E-state index contributed by atoms with van der Waals surface area (Å²) in [7, 11) is 0. The molecule has 3 atom stereocenters. The fraction of sp³-hybridized carbons (Fsp3) is 1.00. The molecule has 1 saturated carbocycles. The van der Waals surface area contributed by atoms with E-state index in [0.29, 0.717) is 5.92 Å². The Kier molecular flexibility index (Phi) is 2.53. The zero-order valence-electron chi connectivity index (χ0n) is 8.85. The Balaban J connectivity index is 2.66. The van der Waals surface area contributed by atoms with Crippen molar-refractivity contribution >= 4 is 0 Å². The molecule has 0 spiro atoms. The van der Waals surface area contributed by atoms with Crippen LogP contribution in [0.4, 0.5) is 0 Å². The third-order valence-corrected chi connectivity index (χ3v) is 4.15. The first kappa shape index (κ1) is 10.0. The van der Waals surface area contributed by atoms with E-state index in [1.165, 1.54) is 12.8 Å². The average molecular weight is 170 g/mol. The lowest BCUT2D eigenvalue weighted by Crippen LogP contribution is -2.53. The van der Waals surface area contributed by atoms with Crippen molar-refractivity contribution in [3.63, 3.8) is 0 Å². The monoisotopic (exact) mass is 170 g/mol. The highest BCUT2D eigenvalue weighted by molar-refractivity contribution is 5.01. The zero-order valence-corrected chi connectivity index (χ0v) is 8.85. The van der Waals surface area contributed by atoms with E-state index in [4.69, 9.17) is 0 Å². The van der Waals surface area contributed by atoms with E-state index in [1.807, 2.05) is 6.92 Å². The van der Waals surface area contributed by atoms with E-state index in [1.54, 1.807) is 0 Å². The van der Waals surface area contributed by atoms with Gasteiger partial charge in [-0.05, 0) is 37.5 Å². The molecule has 0 heterocycles. The first-order valence-corrected chi connectivity index (χ1v) is 5.16. The van der Waals surface area contributed by atoms with Gasteiger partial charge >= 0.3 is 0 Å². The topological polar surface area (TPSA) is 20.2 Å². The van der Waals surface area contributed by atoms with E-state index in [-0.39, 0.29) is 5.41 Å². The minimum Gasteiger partial charge on any atom is -0.390 e. The summed E-state index contributed by atoms with van der Waals surface area (Å²) in [5, 5.41) is 10.3. The standard InChI is InChI=1S/C11H22O/c1-5-7-11(4,12)10(3)8-6-9(10)2/h9,12H,5-8H2,1-4H3. The van der Waals surface area contributed by atoms with Crippen LogP contribution in [0.1, 0.15) is 53.4 Å². The Morgan fingerprint density at radius 2 is 2.17 bits per heavy atom. The third kappa shape index (κ3) is 1.28. The maximum Gasteiger partial charge on any atom is 0.0675 e. The number of hydrogen-bond acceptors (Lipinski definition) is 1. The van der Waals surface area contributed by atoms with Crippen molar-refractivity contribution in [2.75, 3.05) is 0 Å². The van der Waals surface area contributed by atoms with Gasteiger partial charge in [-0.3, -0.25) is 0 Å². The van der Waals surface area contributed by atoms with Gasteiger partial charge in [-0.2, -0.15) is 0 Å². The average Bonchev–Trinajstić information content (AvgIpc) is 2.00. The molecular formula is C11H22O. The lowest BCUT2D eigenvalue weighted by atomic mass is 9.53. The fourth-order valence-electron chi connectivity index (χ4n) is 2.44. The molecular weight excluding hydrogens is 148 g/mol. The van der Waals surface area contributed by atoms with Gasteiger partial charge in [0.15, 0.2) is 0 Å². The fourth-order valence-corrected chi connectivity index (χ4v) is 2.44. The molecule has 0 aromatic heterocycles. The summed E-state index contributed by atoms with van der Waals surface area (Å²) in [4.78, 5) is 0. The summed E-state index contributed by atoms with van der Waals surface area (Å²) in [5.74, 6) is 0.694. The van der Waals surface area contributed by atoms with Crippen molar-refractivity contribution < 1.29 is 5.11 Å². The molecule has 0 amide bonds. The van der Waals surface area contributed by atoms with Gasteiger partial charge in [-0.15, -0.1) is 0 Å². The Labute approximate surface area is 76.2 Å². The minimum atomic E-state index is -0.445. The van der Waals surface area contributed by atoms with E-state index in [2.05, 4.69) is 20.8 Å². The summed E-state index contributed by atoms with van der Waals surface area (Å²) in [6.45, 7) is 8.64. The van der Waals surface area contributed by atoms with E-state index in [9.17, 15) is 5.11 Å². The highest BCUT2D eigenvalue weighted by Gasteiger charge is 2.51. The third-order valence-electron chi connectivity index (χ3n) is 4.15. The zero-order chi connectivity index (χ0) is 9.41. The normalized spacial score (nSPS) is 40.2. The summed E-state index contributed by atoms with van der Waals surface area (Å²) < 4.78 is 0. The van der Waals surface area contributed by atoms with Gasteiger partial charge in [0.1, 0.15) is 0 Å². The Bertz CT molecular complexity index is 162. The number of aliphatic hydroxyl groups is 1. The molecule has 1 rings (SSSR count). The Morgan fingerprint density at radius 3 is 2.42 bits per heavy atom. The molecule has 12 heavy (non-hydrogen) atoms. The van der Waals surface area contributed by atoms with Crippen LogP contribution >= 0.6 is 0 Å². The van der Waals surface area contributed by atoms with Crippen LogP contribution in [0.2, 0.25) is 0 Å². The summed E-state index contributed by atoms with van der Waals surface area (Å²) >= 11 is 0. The predicted molar refractivity (Wildman–Crippen MR) is 52.0 cm³/mol. The molecule has 1 aliphatic rings. The molecule has 0 bridgehead atoms. The predicted octanol–water partition coefficient (Wildman–Crippen LogP) is 2.97. The van der Waals surface area contributed by atoms with Gasteiger partial charge in [0.25, 0.3) is 0 Å². The lowest BCUT2D eigenvalue weighted by molar-refractivity contribution is -0.144. The molecule has 0 radical (unpaired) electrons. The van der Waals surface area contributed by atoms with Crippen molar-refractivity contribution in [3.05, 3.63) is 0 Å². The molecule has 0 aliphatic heterocycles. The van der Waals surface area contributed by atoms with Crippen LogP contribution in [0.3, 0.4) is 0 Å². The van der Waals surface area contributed by atoms with Gasteiger partial charge in [-0.1, -0.05) is 27.2 Å². The molecule has 0 aromatic rings. The summed E-state index contributed by atoms with van der Waals surface area (Å²) in [6, 6.07) is 0. The SMILES string of the molecule is CCCC(C)(O)C1(C)CCC1C. The summed E-state index contributed by atoms with van der Waals surface area (Å²) in [6.07, 6.45) is 4.50. The van der Waals surface area contributed by atoms with Gasteiger partial charge < -0.3 is 5.11 Å². The van der Waals surface area contributed by atoms with Crippen molar-refractivity contribution in [2.24, 2.45) is 11.3 Å². The molecule has 0 aromatic carbocycles. The second-order valence-electron chi connectivity index (χ2n) is 4.88. The number of hydrogen-bond donors (Lipinski definition) is 1. The largest absolute Gasteiger partial charge is 0.390 e. The molecule has 1 aliphatic carbocycles. The second-order valence-corrected chi connectivity index (χ2v) is 4.88. The van der Waals surface area contributed by atoms with Crippen LogP contribution in [-0.2, 0) is 0 Å².